The Morgan fingerprint density at radius 3 is 1.49 bits per heavy atom. The van der Waals surface area contributed by atoms with E-state index in [0.717, 1.165) is 43.5 Å². The largest absolute Gasteiger partial charge is 0.364 e. The zero-order valence-electron chi connectivity index (χ0n) is 18.8. The lowest BCUT2D eigenvalue weighted by Gasteiger charge is -2.36. The first-order valence-corrected chi connectivity index (χ1v) is 10.6. The lowest BCUT2D eigenvalue weighted by atomic mass is 10.0. The molecule has 2 aromatic carbocycles. The van der Waals surface area contributed by atoms with Gasteiger partial charge in [-0.3, -0.25) is 40.5 Å². The molecule has 0 unspecified atom stereocenters. The van der Waals surface area contributed by atoms with Gasteiger partial charge in [-0.25, -0.2) is 0 Å². The molecule has 1 aliphatic carbocycles. The summed E-state index contributed by atoms with van der Waals surface area (Å²) in [5, 5.41) is 47.2. The van der Waals surface area contributed by atoms with Crippen LogP contribution in [-0.4, -0.2) is 56.7 Å². The lowest BCUT2D eigenvalue weighted by Crippen LogP contribution is -2.36. The van der Waals surface area contributed by atoms with Gasteiger partial charge in [-0.15, -0.1) is 0 Å². The molecule has 4 rings (SSSR count). The van der Waals surface area contributed by atoms with E-state index in [1.807, 2.05) is 4.90 Å². The van der Waals surface area contributed by atoms with Crippen molar-refractivity contribution >= 4 is 28.3 Å². The molecule has 1 saturated heterocycles. The Bertz CT molecular complexity index is 1250. The molecule has 0 saturated carbocycles. The van der Waals surface area contributed by atoms with E-state index in [2.05, 4.69) is 0 Å². The monoisotopic (exact) mass is 484 g/mol. The average Bonchev–Trinajstić information content (AvgIpc) is 3.12. The minimum absolute atomic E-state index is 0.0544. The first-order valence-electron chi connectivity index (χ1n) is 10.6. The van der Waals surface area contributed by atoms with Gasteiger partial charge in [0.25, 0.3) is 22.7 Å². The van der Waals surface area contributed by atoms with Gasteiger partial charge in [0, 0.05) is 56.0 Å². The van der Waals surface area contributed by atoms with Crippen molar-refractivity contribution in [2.45, 2.75) is 19.3 Å². The van der Waals surface area contributed by atoms with E-state index in [9.17, 15) is 40.5 Å². The standard InChI is InChI=1S/C21H20N6O8/c1-22(2)21(23-6-4-3-5-7-23)18-14-8-12(24(28)29)10-16(26(32)33)19(14)20-15(18)9-13(25(30)31)11-17(20)27(34)35/h8-11H,3-7H2,1-2H3. The summed E-state index contributed by atoms with van der Waals surface area (Å²) >= 11 is 0. The summed E-state index contributed by atoms with van der Waals surface area (Å²) in [5.74, 6) is 0.522. The van der Waals surface area contributed by atoms with Crippen molar-refractivity contribution in [2.75, 3.05) is 27.2 Å². The Morgan fingerprint density at radius 2 is 1.14 bits per heavy atom. The van der Waals surface area contributed by atoms with E-state index < -0.39 is 42.4 Å². The summed E-state index contributed by atoms with van der Waals surface area (Å²) in [7, 11) is 3.43. The Kier molecular flexibility index (Phi) is 5.80. The fraction of sp³-hybridized carbons (Fsp3) is 0.333. The van der Waals surface area contributed by atoms with Crippen LogP contribution in [0.4, 0.5) is 22.7 Å². The maximum absolute atomic E-state index is 12.0. The van der Waals surface area contributed by atoms with Gasteiger partial charge in [0.1, 0.15) is 5.82 Å². The maximum atomic E-state index is 12.0. The van der Waals surface area contributed by atoms with Gasteiger partial charge >= 0.3 is 0 Å². The fourth-order valence-electron chi connectivity index (χ4n) is 4.80. The first kappa shape index (κ1) is 23.5. The smallest absolute Gasteiger partial charge is 0.284 e. The van der Waals surface area contributed by atoms with E-state index in [0.29, 0.717) is 18.9 Å². The zero-order valence-corrected chi connectivity index (χ0v) is 18.8. The summed E-state index contributed by atoms with van der Waals surface area (Å²) < 4.78 is 0. The molecule has 14 heteroatoms. The predicted molar refractivity (Wildman–Crippen MR) is 124 cm³/mol. The third kappa shape index (κ3) is 3.88. The second kappa shape index (κ2) is 8.62. The summed E-state index contributed by atoms with van der Waals surface area (Å²) in [5.41, 5.74) is -2.45. The van der Waals surface area contributed by atoms with Crippen LogP contribution >= 0.6 is 0 Å². The minimum atomic E-state index is -0.833. The molecule has 35 heavy (non-hydrogen) atoms. The molecule has 14 nitrogen and oxygen atoms in total. The minimum Gasteiger partial charge on any atom is -0.364 e. The van der Waals surface area contributed by atoms with E-state index in [4.69, 9.17) is 0 Å². The Morgan fingerprint density at radius 1 is 0.714 bits per heavy atom. The quantitative estimate of drug-likeness (QED) is 0.365. The molecule has 2 aromatic rings. The molecule has 0 bridgehead atoms. The summed E-state index contributed by atoms with van der Waals surface area (Å²) in [6.45, 7) is 1.24. The Balaban J connectivity index is 2.23. The number of nitro benzene ring substituents is 4. The van der Waals surface area contributed by atoms with Gasteiger partial charge < -0.3 is 9.80 Å². The summed E-state index contributed by atoms with van der Waals surface area (Å²) in [6, 6.07) is 3.79. The van der Waals surface area contributed by atoms with Crippen molar-refractivity contribution < 1.29 is 19.7 Å². The number of benzene rings is 2. The van der Waals surface area contributed by atoms with Gasteiger partial charge in [0.05, 0.1) is 43.0 Å². The molecule has 2 aliphatic rings. The molecular formula is C21H20N6O8. The van der Waals surface area contributed by atoms with Gasteiger partial charge in [-0.1, -0.05) is 0 Å². The van der Waals surface area contributed by atoms with E-state index in [-0.39, 0.29) is 27.8 Å². The van der Waals surface area contributed by atoms with Crippen LogP contribution in [0.1, 0.15) is 30.4 Å². The van der Waals surface area contributed by atoms with E-state index >= 15 is 0 Å². The van der Waals surface area contributed by atoms with Crippen molar-refractivity contribution in [1.82, 2.24) is 9.80 Å². The molecule has 1 aliphatic heterocycles. The topological polar surface area (TPSA) is 179 Å². The van der Waals surface area contributed by atoms with Crippen molar-refractivity contribution in [3.8, 4) is 11.1 Å². The molecule has 0 spiro atoms. The molecule has 0 N–H and O–H groups in total. The number of nitro groups is 4. The number of fused-ring (bicyclic) bond motifs is 3. The molecule has 1 fully saturated rings. The van der Waals surface area contributed by atoms with Crippen LogP contribution in [0.2, 0.25) is 0 Å². The average molecular weight is 484 g/mol. The van der Waals surface area contributed by atoms with E-state index in [1.54, 1.807) is 19.0 Å². The van der Waals surface area contributed by atoms with E-state index in [1.165, 1.54) is 0 Å². The highest BCUT2D eigenvalue weighted by Gasteiger charge is 2.42. The molecule has 0 aromatic heterocycles. The van der Waals surface area contributed by atoms with Gasteiger partial charge in [-0.2, -0.15) is 0 Å². The third-order valence-corrected chi connectivity index (χ3v) is 6.11. The third-order valence-electron chi connectivity index (χ3n) is 6.11. The highest BCUT2D eigenvalue weighted by molar-refractivity contribution is 6.09. The van der Waals surface area contributed by atoms with Crippen LogP contribution in [0.5, 0.6) is 0 Å². The van der Waals surface area contributed by atoms with Crippen LogP contribution < -0.4 is 0 Å². The summed E-state index contributed by atoms with van der Waals surface area (Å²) in [6.07, 6.45) is 2.70. The highest BCUT2D eigenvalue weighted by atomic mass is 16.6. The van der Waals surface area contributed by atoms with Crippen LogP contribution in [0.25, 0.3) is 16.7 Å². The number of rotatable bonds is 6. The number of non-ortho nitro benzene ring substituents is 2. The molecule has 0 amide bonds. The molecule has 182 valence electrons. The Hall–Kier alpha value is -4.62. The zero-order chi connectivity index (χ0) is 25.6. The van der Waals surface area contributed by atoms with Crippen molar-refractivity contribution in [1.29, 1.82) is 0 Å². The van der Waals surface area contributed by atoms with Crippen LogP contribution in [-0.2, 0) is 0 Å². The first-order chi connectivity index (χ1) is 16.5. The van der Waals surface area contributed by atoms with Gasteiger partial charge in [-0.05, 0) is 19.3 Å². The number of piperidine rings is 1. The Labute approximate surface area is 197 Å². The van der Waals surface area contributed by atoms with Gasteiger partial charge in [0.2, 0.25) is 0 Å². The van der Waals surface area contributed by atoms with Crippen molar-refractivity contribution in [3.63, 3.8) is 0 Å². The van der Waals surface area contributed by atoms with Gasteiger partial charge in [0.15, 0.2) is 0 Å². The molecule has 0 radical (unpaired) electrons. The van der Waals surface area contributed by atoms with Crippen LogP contribution in [0.3, 0.4) is 0 Å². The SMILES string of the molecule is CN(C)C(=C1c2cc([N+](=O)[O-])cc([N+](=O)[O-])c2-c2c1cc([N+](=O)[O-])cc2[N+](=O)[O-])N1CCCCC1. The number of likely N-dealkylation sites (tertiary alicyclic amines) is 1. The molecule has 0 atom stereocenters. The van der Waals surface area contributed by atoms with Crippen molar-refractivity contribution in [3.05, 3.63) is 81.7 Å². The molecular weight excluding hydrogens is 464 g/mol. The second-order valence-electron chi connectivity index (χ2n) is 8.44. The lowest BCUT2D eigenvalue weighted by molar-refractivity contribution is -0.395. The predicted octanol–water partition coefficient (Wildman–Crippen LogP) is 4.06. The number of nitrogens with zero attached hydrogens (tertiary/aromatic N) is 6. The number of hydrogen-bond acceptors (Lipinski definition) is 10. The molecule has 1 heterocycles. The van der Waals surface area contributed by atoms with Crippen LogP contribution in [0, 0.1) is 40.5 Å². The second-order valence-corrected chi connectivity index (χ2v) is 8.44. The van der Waals surface area contributed by atoms with Crippen molar-refractivity contribution in [2.24, 2.45) is 0 Å². The summed E-state index contributed by atoms with van der Waals surface area (Å²) in [4.78, 5) is 47.7. The maximum Gasteiger partial charge on any atom is 0.284 e. The highest BCUT2D eigenvalue weighted by Crippen LogP contribution is 2.55. The number of hydrogen-bond donors (Lipinski definition) is 0. The van der Waals surface area contributed by atoms with Crippen LogP contribution in [0.15, 0.2) is 30.1 Å². The normalized spacial score (nSPS) is 14.2. The fourth-order valence-corrected chi connectivity index (χ4v) is 4.80.